The van der Waals surface area contributed by atoms with E-state index in [1.54, 1.807) is 11.9 Å². The van der Waals surface area contributed by atoms with E-state index < -0.39 is 0 Å². The fourth-order valence-electron chi connectivity index (χ4n) is 0.691. The van der Waals surface area contributed by atoms with Gasteiger partial charge in [-0.05, 0) is 6.42 Å². The molecule has 2 nitrogen and oxygen atoms in total. The molecule has 0 aromatic rings. The fraction of sp³-hybridized carbons (Fsp3) is 0.800. The second-order valence-corrected chi connectivity index (χ2v) is 2.75. The summed E-state index contributed by atoms with van der Waals surface area (Å²) in [6.07, 6.45) is 1.81. The van der Waals surface area contributed by atoms with Crippen molar-refractivity contribution in [3.05, 3.63) is 0 Å². The second kappa shape index (κ2) is 2.95. The van der Waals surface area contributed by atoms with Crippen LogP contribution in [0.5, 0.6) is 0 Å². The largest absolute Gasteiger partial charge is 0.260 e. The minimum absolute atomic E-state index is 0.463. The summed E-state index contributed by atoms with van der Waals surface area (Å²) in [6.45, 7) is 0. The number of hydrogen-bond donors (Lipinski definition) is 1. The van der Waals surface area contributed by atoms with Crippen molar-refractivity contribution in [3.8, 4) is 6.07 Å². The van der Waals surface area contributed by atoms with Gasteiger partial charge in [-0.15, -0.1) is 0 Å². The van der Waals surface area contributed by atoms with Crippen LogP contribution in [0.1, 0.15) is 12.8 Å². The van der Waals surface area contributed by atoms with Crippen LogP contribution >= 0.6 is 11.9 Å². The molecule has 0 bridgehead atoms. The Kier molecular flexibility index (Phi) is 2.19. The van der Waals surface area contributed by atoms with Crippen LogP contribution in [0.15, 0.2) is 0 Å². The van der Waals surface area contributed by atoms with Crippen LogP contribution < -0.4 is 4.72 Å². The third-order valence-electron chi connectivity index (χ3n) is 1.16. The van der Waals surface area contributed by atoms with Crippen molar-refractivity contribution in [2.75, 3.05) is 5.75 Å². The molecule has 1 saturated heterocycles. The Bertz CT molecular complexity index is 101. The van der Waals surface area contributed by atoms with Gasteiger partial charge in [-0.2, -0.15) is 5.26 Å². The molecule has 1 fully saturated rings. The first-order valence-electron chi connectivity index (χ1n) is 2.68. The molecule has 0 saturated carbocycles. The number of nitrogens with one attached hydrogen (secondary N) is 1. The Labute approximate surface area is 53.4 Å². The van der Waals surface area contributed by atoms with E-state index in [9.17, 15) is 0 Å². The van der Waals surface area contributed by atoms with Gasteiger partial charge in [0.05, 0.1) is 12.5 Å². The van der Waals surface area contributed by atoms with E-state index in [2.05, 4.69) is 10.8 Å². The third kappa shape index (κ3) is 1.39. The van der Waals surface area contributed by atoms with Gasteiger partial charge in [0.25, 0.3) is 0 Å². The molecule has 8 heavy (non-hydrogen) atoms. The molecule has 0 amide bonds. The lowest BCUT2D eigenvalue weighted by atomic mass is 10.2. The maximum absolute atomic E-state index is 8.23. The lowest BCUT2D eigenvalue weighted by Crippen LogP contribution is -2.14. The highest BCUT2D eigenvalue weighted by Crippen LogP contribution is 2.14. The number of hydrogen-bond acceptors (Lipinski definition) is 3. The molecule has 44 valence electrons. The van der Waals surface area contributed by atoms with Gasteiger partial charge >= 0.3 is 0 Å². The van der Waals surface area contributed by atoms with Gasteiger partial charge < -0.3 is 0 Å². The molecular weight excluding hydrogens is 120 g/mol. The highest BCUT2D eigenvalue weighted by Gasteiger charge is 2.12. The summed E-state index contributed by atoms with van der Waals surface area (Å²) in [7, 11) is 0. The molecule has 1 N–H and O–H groups in total. The first-order chi connectivity index (χ1) is 3.93. The lowest BCUT2D eigenvalue weighted by Gasteiger charge is -1.98. The van der Waals surface area contributed by atoms with Crippen molar-refractivity contribution in [2.24, 2.45) is 0 Å². The molecule has 0 aromatic heterocycles. The topological polar surface area (TPSA) is 35.8 Å². The molecular formula is C5H8N2S. The molecule has 1 atom stereocenters. The Hall–Kier alpha value is -0.200. The molecule has 0 spiro atoms. The normalized spacial score (nSPS) is 27.6. The van der Waals surface area contributed by atoms with E-state index in [-0.39, 0.29) is 0 Å². The van der Waals surface area contributed by atoms with Crippen molar-refractivity contribution in [1.82, 2.24) is 4.72 Å². The van der Waals surface area contributed by atoms with Gasteiger partial charge in [0, 0.05) is 11.8 Å². The molecule has 1 unspecified atom stereocenters. The van der Waals surface area contributed by atoms with Gasteiger partial charge in [-0.1, -0.05) is 11.9 Å². The van der Waals surface area contributed by atoms with Crippen molar-refractivity contribution in [1.29, 1.82) is 5.26 Å². The van der Waals surface area contributed by atoms with Crippen LogP contribution in [-0.4, -0.2) is 11.8 Å². The zero-order valence-electron chi connectivity index (χ0n) is 4.55. The average Bonchev–Trinajstić information content (AvgIpc) is 2.19. The Morgan fingerprint density at radius 2 is 2.75 bits per heavy atom. The van der Waals surface area contributed by atoms with Crippen LogP contribution in [0.4, 0.5) is 0 Å². The van der Waals surface area contributed by atoms with Crippen molar-refractivity contribution >= 4 is 11.9 Å². The third-order valence-corrected chi connectivity index (χ3v) is 2.10. The minimum Gasteiger partial charge on any atom is -0.260 e. The van der Waals surface area contributed by atoms with Crippen molar-refractivity contribution < 1.29 is 0 Å². The first-order valence-corrected chi connectivity index (χ1v) is 3.66. The Morgan fingerprint density at radius 1 is 1.88 bits per heavy atom. The van der Waals surface area contributed by atoms with E-state index in [0.717, 1.165) is 12.2 Å². The summed E-state index contributed by atoms with van der Waals surface area (Å²) in [4.78, 5) is 0. The SMILES string of the molecule is N#CCC1CCSN1. The van der Waals surface area contributed by atoms with E-state index in [0.29, 0.717) is 12.5 Å². The number of nitriles is 1. The minimum atomic E-state index is 0.463. The number of rotatable bonds is 1. The summed E-state index contributed by atoms with van der Waals surface area (Å²) < 4.78 is 3.15. The van der Waals surface area contributed by atoms with Gasteiger partial charge in [-0.3, -0.25) is 4.72 Å². The predicted octanol–water partition coefficient (Wildman–Crippen LogP) is 0.910. The fourth-order valence-corrected chi connectivity index (χ4v) is 1.65. The maximum atomic E-state index is 8.23. The lowest BCUT2D eigenvalue weighted by molar-refractivity contribution is 0.659. The predicted molar refractivity (Wildman–Crippen MR) is 34.2 cm³/mol. The van der Waals surface area contributed by atoms with Gasteiger partial charge in [0.1, 0.15) is 0 Å². The standard InChI is InChI=1S/C5H8N2S/c6-3-1-5-2-4-8-7-5/h5,7H,1-2,4H2. The van der Waals surface area contributed by atoms with E-state index in [1.807, 2.05) is 0 Å². The van der Waals surface area contributed by atoms with Crippen LogP contribution in [0.2, 0.25) is 0 Å². The molecule has 3 heteroatoms. The average molecular weight is 128 g/mol. The maximum Gasteiger partial charge on any atom is 0.0638 e. The zero-order chi connectivity index (χ0) is 5.82. The monoisotopic (exact) mass is 128 g/mol. The Morgan fingerprint density at radius 3 is 3.25 bits per heavy atom. The molecule has 1 heterocycles. The van der Waals surface area contributed by atoms with Crippen molar-refractivity contribution in [2.45, 2.75) is 18.9 Å². The highest BCUT2D eigenvalue weighted by molar-refractivity contribution is 7.97. The molecule has 1 rings (SSSR count). The van der Waals surface area contributed by atoms with Gasteiger partial charge in [0.2, 0.25) is 0 Å². The smallest absolute Gasteiger partial charge is 0.0638 e. The van der Waals surface area contributed by atoms with Crippen LogP contribution in [0, 0.1) is 11.3 Å². The van der Waals surface area contributed by atoms with E-state index in [1.165, 1.54) is 0 Å². The quantitative estimate of drug-likeness (QED) is 0.533. The van der Waals surface area contributed by atoms with Crippen LogP contribution in [-0.2, 0) is 0 Å². The second-order valence-electron chi connectivity index (χ2n) is 1.81. The zero-order valence-corrected chi connectivity index (χ0v) is 5.37. The molecule has 0 aliphatic carbocycles. The summed E-state index contributed by atoms with van der Waals surface area (Å²) in [5.41, 5.74) is 0. The van der Waals surface area contributed by atoms with Crippen LogP contribution in [0.25, 0.3) is 0 Å². The van der Waals surface area contributed by atoms with Gasteiger partial charge in [0.15, 0.2) is 0 Å². The molecule has 1 aliphatic rings. The molecule has 1 aliphatic heterocycles. The number of nitrogens with zero attached hydrogens (tertiary/aromatic N) is 1. The van der Waals surface area contributed by atoms with E-state index in [4.69, 9.17) is 5.26 Å². The first kappa shape index (κ1) is 5.93. The highest BCUT2D eigenvalue weighted by atomic mass is 32.2. The Balaban J connectivity index is 2.17. The summed E-state index contributed by atoms with van der Waals surface area (Å²) in [5.74, 6) is 1.16. The summed E-state index contributed by atoms with van der Waals surface area (Å²) in [5, 5.41) is 8.23. The van der Waals surface area contributed by atoms with Crippen molar-refractivity contribution in [3.63, 3.8) is 0 Å². The van der Waals surface area contributed by atoms with Gasteiger partial charge in [-0.25, -0.2) is 0 Å². The molecule has 0 radical (unpaired) electrons. The van der Waals surface area contributed by atoms with E-state index >= 15 is 0 Å². The summed E-state index contributed by atoms with van der Waals surface area (Å²) >= 11 is 1.72. The summed E-state index contributed by atoms with van der Waals surface area (Å²) in [6, 6.07) is 2.60. The molecule has 0 aromatic carbocycles. The van der Waals surface area contributed by atoms with Crippen LogP contribution in [0.3, 0.4) is 0 Å².